The van der Waals surface area contributed by atoms with E-state index < -0.39 is 5.54 Å². The largest absolute Gasteiger partial charge is 0.376 e. The first kappa shape index (κ1) is 17.5. The van der Waals surface area contributed by atoms with E-state index in [4.69, 9.17) is 0 Å². The molecule has 0 saturated heterocycles. The van der Waals surface area contributed by atoms with E-state index in [1.165, 1.54) is 0 Å². The van der Waals surface area contributed by atoms with Crippen molar-refractivity contribution >= 4 is 17.5 Å². The SMILES string of the molecule is CNC(=O)c1ccccc1NCC(=O)NC(C)(C#N)C(C)C. The predicted molar refractivity (Wildman–Crippen MR) is 85.3 cm³/mol. The Bertz CT molecular complexity index is 592. The third-order valence-electron chi connectivity index (χ3n) is 3.62. The highest BCUT2D eigenvalue weighted by molar-refractivity contribution is 5.99. The normalized spacial score (nSPS) is 12.9. The van der Waals surface area contributed by atoms with Crippen LogP contribution in [0, 0.1) is 17.2 Å². The number of nitrogens with one attached hydrogen (secondary N) is 3. The topological polar surface area (TPSA) is 94.0 Å². The van der Waals surface area contributed by atoms with Gasteiger partial charge in [0.2, 0.25) is 5.91 Å². The third-order valence-corrected chi connectivity index (χ3v) is 3.62. The number of carbonyl (C=O) groups excluding carboxylic acids is 2. The van der Waals surface area contributed by atoms with Crippen LogP contribution in [0.5, 0.6) is 0 Å². The van der Waals surface area contributed by atoms with Crippen LogP contribution in [0.1, 0.15) is 31.1 Å². The minimum absolute atomic E-state index is 0.0143. The molecule has 1 atom stereocenters. The van der Waals surface area contributed by atoms with Crippen LogP contribution in [-0.2, 0) is 4.79 Å². The van der Waals surface area contributed by atoms with Gasteiger partial charge < -0.3 is 16.0 Å². The number of carbonyl (C=O) groups is 2. The standard InChI is InChI=1S/C16H22N4O2/c1-11(2)16(3,10-17)20-14(21)9-19-13-8-6-5-7-12(13)15(22)18-4/h5-8,11,19H,9H2,1-4H3,(H,18,22)(H,20,21). The molecule has 0 aliphatic heterocycles. The molecule has 1 unspecified atom stereocenters. The average molecular weight is 302 g/mol. The number of benzene rings is 1. The second-order valence-corrected chi connectivity index (χ2v) is 5.50. The smallest absolute Gasteiger partial charge is 0.253 e. The van der Waals surface area contributed by atoms with Gasteiger partial charge in [0.25, 0.3) is 5.91 Å². The summed E-state index contributed by atoms with van der Waals surface area (Å²) in [7, 11) is 1.55. The van der Waals surface area contributed by atoms with E-state index in [1.54, 1.807) is 38.2 Å². The maximum absolute atomic E-state index is 12.0. The molecule has 22 heavy (non-hydrogen) atoms. The van der Waals surface area contributed by atoms with Crippen LogP contribution in [0.4, 0.5) is 5.69 Å². The summed E-state index contributed by atoms with van der Waals surface area (Å²) in [5, 5.41) is 17.4. The van der Waals surface area contributed by atoms with Gasteiger partial charge in [-0.25, -0.2) is 0 Å². The Morgan fingerprint density at radius 1 is 1.32 bits per heavy atom. The molecule has 0 bridgehead atoms. The molecule has 1 aromatic rings. The Morgan fingerprint density at radius 2 is 1.95 bits per heavy atom. The van der Waals surface area contributed by atoms with Crippen molar-refractivity contribution in [3.8, 4) is 6.07 Å². The first-order valence-corrected chi connectivity index (χ1v) is 7.11. The molecular weight excluding hydrogens is 280 g/mol. The van der Waals surface area contributed by atoms with E-state index in [1.807, 2.05) is 13.8 Å². The molecule has 0 aliphatic carbocycles. The van der Waals surface area contributed by atoms with Crippen molar-refractivity contribution in [3.05, 3.63) is 29.8 Å². The lowest BCUT2D eigenvalue weighted by molar-refractivity contribution is -0.121. The van der Waals surface area contributed by atoms with Gasteiger partial charge >= 0.3 is 0 Å². The van der Waals surface area contributed by atoms with Crippen LogP contribution in [0.2, 0.25) is 0 Å². The number of nitriles is 1. The van der Waals surface area contributed by atoms with Crippen molar-refractivity contribution in [2.45, 2.75) is 26.3 Å². The molecule has 0 aromatic heterocycles. The van der Waals surface area contributed by atoms with E-state index >= 15 is 0 Å². The maximum atomic E-state index is 12.0. The summed E-state index contributed by atoms with van der Waals surface area (Å²) in [6.45, 7) is 5.42. The highest BCUT2D eigenvalue weighted by atomic mass is 16.2. The second kappa shape index (κ2) is 7.46. The number of hydrogen-bond donors (Lipinski definition) is 3. The first-order chi connectivity index (χ1) is 10.3. The summed E-state index contributed by atoms with van der Waals surface area (Å²) in [6, 6.07) is 9.05. The monoisotopic (exact) mass is 302 g/mol. The number of hydrogen-bond acceptors (Lipinski definition) is 4. The van der Waals surface area contributed by atoms with Crippen LogP contribution in [0.25, 0.3) is 0 Å². The number of rotatable bonds is 6. The van der Waals surface area contributed by atoms with Crippen LogP contribution in [0.3, 0.4) is 0 Å². The van der Waals surface area contributed by atoms with Crippen LogP contribution >= 0.6 is 0 Å². The fourth-order valence-electron chi connectivity index (χ4n) is 1.78. The van der Waals surface area contributed by atoms with Crippen LogP contribution < -0.4 is 16.0 Å². The molecule has 0 aliphatic rings. The average Bonchev–Trinajstić information content (AvgIpc) is 2.52. The summed E-state index contributed by atoms with van der Waals surface area (Å²) in [5.74, 6) is -0.545. The van der Waals surface area contributed by atoms with E-state index in [2.05, 4.69) is 22.0 Å². The van der Waals surface area contributed by atoms with Gasteiger partial charge in [0.15, 0.2) is 0 Å². The van der Waals surface area contributed by atoms with E-state index in [9.17, 15) is 14.9 Å². The van der Waals surface area contributed by atoms with Crippen LogP contribution in [0.15, 0.2) is 24.3 Å². The lowest BCUT2D eigenvalue weighted by atomic mass is 9.90. The van der Waals surface area contributed by atoms with Crippen molar-refractivity contribution in [1.82, 2.24) is 10.6 Å². The van der Waals surface area contributed by atoms with E-state index in [0.717, 1.165) is 0 Å². The molecule has 6 heteroatoms. The highest BCUT2D eigenvalue weighted by Gasteiger charge is 2.29. The van der Waals surface area contributed by atoms with Crippen molar-refractivity contribution in [2.24, 2.45) is 5.92 Å². The Balaban J connectivity index is 2.74. The van der Waals surface area contributed by atoms with Crippen molar-refractivity contribution in [2.75, 3.05) is 18.9 Å². The molecule has 6 nitrogen and oxygen atoms in total. The molecular formula is C16H22N4O2. The zero-order valence-corrected chi connectivity index (χ0v) is 13.4. The molecule has 118 valence electrons. The number of para-hydroxylation sites is 1. The first-order valence-electron chi connectivity index (χ1n) is 7.11. The van der Waals surface area contributed by atoms with Gasteiger partial charge in [0.1, 0.15) is 5.54 Å². The molecule has 0 heterocycles. The van der Waals surface area contributed by atoms with Gasteiger partial charge in [-0.15, -0.1) is 0 Å². The lowest BCUT2D eigenvalue weighted by Gasteiger charge is -2.27. The Morgan fingerprint density at radius 3 is 2.50 bits per heavy atom. The van der Waals surface area contributed by atoms with E-state index in [-0.39, 0.29) is 24.3 Å². The number of anilines is 1. The van der Waals surface area contributed by atoms with Crippen molar-refractivity contribution in [3.63, 3.8) is 0 Å². The zero-order chi connectivity index (χ0) is 16.8. The summed E-state index contributed by atoms with van der Waals surface area (Å²) >= 11 is 0. The third kappa shape index (κ3) is 4.22. The Hall–Kier alpha value is -2.55. The summed E-state index contributed by atoms with van der Waals surface area (Å²) in [6.07, 6.45) is 0. The summed E-state index contributed by atoms with van der Waals surface area (Å²) in [4.78, 5) is 23.8. The molecule has 3 N–H and O–H groups in total. The van der Waals surface area contributed by atoms with Gasteiger partial charge in [-0.3, -0.25) is 9.59 Å². The molecule has 0 fully saturated rings. The fraction of sp³-hybridized carbons (Fsp3) is 0.438. The maximum Gasteiger partial charge on any atom is 0.253 e. The van der Waals surface area contributed by atoms with Gasteiger partial charge in [-0.05, 0) is 25.0 Å². The molecule has 1 aromatic carbocycles. The molecule has 2 amide bonds. The number of amides is 2. The molecule has 0 saturated carbocycles. The van der Waals surface area contributed by atoms with Crippen molar-refractivity contribution < 1.29 is 9.59 Å². The Labute approximate surface area is 130 Å². The minimum Gasteiger partial charge on any atom is -0.376 e. The van der Waals surface area contributed by atoms with E-state index in [0.29, 0.717) is 11.3 Å². The molecule has 0 radical (unpaired) electrons. The Kier molecular flexibility index (Phi) is 5.93. The van der Waals surface area contributed by atoms with Crippen LogP contribution in [-0.4, -0.2) is 30.9 Å². The predicted octanol–water partition coefficient (Wildman–Crippen LogP) is 1.51. The molecule has 0 spiro atoms. The summed E-state index contributed by atoms with van der Waals surface area (Å²) in [5.41, 5.74) is 0.115. The van der Waals surface area contributed by atoms with Gasteiger partial charge in [-0.2, -0.15) is 5.26 Å². The lowest BCUT2D eigenvalue weighted by Crippen LogP contribution is -2.50. The number of nitrogens with zero attached hydrogens (tertiary/aromatic N) is 1. The summed E-state index contributed by atoms with van der Waals surface area (Å²) < 4.78 is 0. The highest BCUT2D eigenvalue weighted by Crippen LogP contribution is 2.16. The fourth-order valence-corrected chi connectivity index (χ4v) is 1.78. The van der Waals surface area contributed by atoms with Gasteiger partial charge in [-0.1, -0.05) is 26.0 Å². The van der Waals surface area contributed by atoms with Gasteiger partial charge in [0.05, 0.1) is 18.2 Å². The zero-order valence-electron chi connectivity index (χ0n) is 13.4. The second-order valence-electron chi connectivity index (χ2n) is 5.50. The molecule has 1 rings (SSSR count). The van der Waals surface area contributed by atoms with Gasteiger partial charge in [0, 0.05) is 12.7 Å². The minimum atomic E-state index is -0.918. The van der Waals surface area contributed by atoms with Crippen molar-refractivity contribution in [1.29, 1.82) is 5.26 Å². The quantitative estimate of drug-likeness (QED) is 0.742.